The molecule has 3 rings (SSSR count). The van der Waals surface area contributed by atoms with Crippen LogP contribution < -0.4 is 4.74 Å². The highest BCUT2D eigenvalue weighted by atomic mass is 16.5. The van der Waals surface area contributed by atoms with Crippen molar-refractivity contribution < 1.29 is 14.3 Å². The van der Waals surface area contributed by atoms with Crippen molar-refractivity contribution >= 4 is 5.91 Å². The third-order valence-corrected chi connectivity index (χ3v) is 5.79. The molecule has 0 aliphatic carbocycles. The Morgan fingerprint density at radius 2 is 1.96 bits per heavy atom. The van der Waals surface area contributed by atoms with Crippen molar-refractivity contribution in [3.8, 4) is 5.75 Å². The van der Waals surface area contributed by atoms with Crippen LogP contribution in [0.1, 0.15) is 31.7 Å². The zero-order chi connectivity index (χ0) is 17.9. The number of nitrogens with zero attached hydrogens (tertiary/aromatic N) is 2. The molecule has 0 spiro atoms. The first-order valence-electron chi connectivity index (χ1n) is 9.26. The number of hydrogen-bond donors (Lipinski definition) is 0. The maximum atomic E-state index is 11.5. The molecule has 0 unspecified atom stereocenters. The molecule has 5 heteroatoms. The lowest BCUT2D eigenvalue weighted by Gasteiger charge is -2.37. The van der Waals surface area contributed by atoms with E-state index in [-0.39, 0.29) is 11.5 Å². The summed E-state index contributed by atoms with van der Waals surface area (Å²) >= 11 is 0. The molecule has 2 aliphatic heterocycles. The van der Waals surface area contributed by atoms with Crippen molar-refractivity contribution in [1.29, 1.82) is 0 Å². The third-order valence-electron chi connectivity index (χ3n) is 5.79. The molecule has 1 aromatic carbocycles. The predicted molar refractivity (Wildman–Crippen MR) is 97.9 cm³/mol. The Hall–Kier alpha value is -1.59. The van der Waals surface area contributed by atoms with E-state index >= 15 is 0 Å². The van der Waals surface area contributed by atoms with Crippen molar-refractivity contribution in [1.82, 2.24) is 9.80 Å². The Morgan fingerprint density at radius 1 is 1.24 bits per heavy atom. The maximum Gasteiger partial charge on any atom is 0.219 e. The SMILES string of the molecule is CO[C@]1(COc2ccccc2C)CCN(C2CCN(C(C)=O)CC2)C1. The van der Waals surface area contributed by atoms with Crippen LogP contribution in [0.25, 0.3) is 0 Å². The van der Waals surface area contributed by atoms with Gasteiger partial charge in [0.1, 0.15) is 18.0 Å². The molecule has 0 N–H and O–H groups in total. The van der Waals surface area contributed by atoms with Gasteiger partial charge in [-0.25, -0.2) is 0 Å². The fourth-order valence-corrected chi connectivity index (χ4v) is 4.00. The van der Waals surface area contributed by atoms with Gasteiger partial charge in [0.15, 0.2) is 0 Å². The molecule has 138 valence electrons. The van der Waals surface area contributed by atoms with E-state index in [1.807, 2.05) is 23.1 Å². The van der Waals surface area contributed by atoms with Crippen LogP contribution in [-0.2, 0) is 9.53 Å². The molecule has 0 saturated carbocycles. The maximum absolute atomic E-state index is 11.5. The van der Waals surface area contributed by atoms with Crippen LogP contribution in [0.15, 0.2) is 24.3 Å². The number of aryl methyl sites for hydroxylation is 1. The van der Waals surface area contributed by atoms with E-state index in [2.05, 4.69) is 17.9 Å². The van der Waals surface area contributed by atoms with Crippen LogP contribution in [0, 0.1) is 6.92 Å². The highest BCUT2D eigenvalue weighted by molar-refractivity contribution is 5.73. The summed E-state index contributed by atoms with van der Waals surface area (Å²) in [7, 11) is 1.79. The second-order valence-electron chi connectivity index (χ2n) is 7.40. The largest absolute Gasteiger partial charge is 0.490 e. The predicted octanol–water partition coefficient (Wildman–Crippen LogP) is 2.48. The summed E-state index contributed by atoms with van der Waals surface area (Å²) in [4.78, 5) is 16.0. The Balaban J connectivity index is 1.56. The lowest BCUT2D eigenvalue weighted by molar-refractivity contribution is -0.130. The summed E-state index contributed by atoms with van der Waals surface area (Å²) in [5.74, 6) is 1.13. The molecule has 2 heterocycles. The van der Waals surface area contributed by atoms with E-state index in [0.29, 0.717) is 12.6 Å². The average Bonchev–Trinajstić information content (AvgIpc) is 3.06. The number of amides is 1. The fourth-order valence-electron chi connectivity index (χ4n) is 4.00. The molecule has 1 atom stereocenters. The molecule has 0 radical (unpaired) electrons. The summed E-state index contributed by atoms with van der Waals surface area (Å²) in [6, 6.07) is 8.66. The summed E-state index contributed by atoms with van der Waals surface area (Å²) in [6.07, 6.45) is 3.10. The summed E-state index contributed by atoms with van der Waals surface area (Å²) < 4.78 is 12.0. The Bertz CT molecular complexity index is 598. The minimum atomic E-state index is -0.236. The summed E-state index contributed by atoms with van der Waals surface area (Å²) in [5, 5.41) is 0. The van der Waals surface area contributed by atoms with Gasteiger partial charge in [-0.2, -0.15) is 0 Å². The number of ether oxygens (including phenoxy) is 2. The number of carbonyl (C=O) groups excluding carboxylic acids is 1. The van der Waals surface area contributed by atoms with E-state index in [9.17, 15) is 4.79 Å². The first-order chi connectivity index (χ1) is 12.0. The number of piperidine rings is 1. The summed E-state index contributed by atoms with van der Waals surface area (Å²) in [5.41, 5.74) is 0.917. The lowest BCUT2D eigenvalue weighted by atomic mass is 10.0. The van der Waals surface area contributed by atoms with E-state index < -0.39 is 0 Å². The van der Waals surface area contributed by atoms with Crippen LogP contribution in [0.3, 0.4) is 0 Å². The molecule has 2 aliphatic rings. The minimum Gasteiger partial charge on any atom is -0.490 e. The molecule has 1 aromatic rings. The van der Waals surface area contributed by atoms with Crippen molar-refractivity contribution in [2.75, 3.05) is 39.9 Å². The van der Waals surface area contributed by atoms with E-state index in [4.69, 9.17) is 9.47 Å². The quantitative estimate of drug-likeness (QED) is 0.821. The molecule has 0 bridgehead atoms. The number of likely N-dealkylation sites (tertiary alicyclic amines) is 2. The zero-order valence-corrected chi connectivity index (χ0v) is 15.7. The van der Waals surface area contributed by atoms with Gasteiger partial charge in [-0.15, -0.1) is 0 Å². The van der Waals surface area contributed by atoms with Gasteiger partial charge in [0.2, 0.25) is 5.91 Å². The number of carbonyl (C=O) groups is 1. The van der Waals surface area contributed by atoms with Gasteiger partial charge in [-0.3, -0.25) is 9.69 Å². The normalized spacial score (nSPS) is 25.3. The van der Waals surface area contributed by atoms with Crippen LogP contribution in [0.4, 0.5) is 0 Å². The molecular formula is C20H30N2O3. The standard InChI is InChI=1S/C20H30N2O3/c1-16-6-4-5-7-19(16)25-15-20(24-3)10-13-22(14-20)18-8-11-21(12-9-18)17(2)23/h4-7,18H,8-15H2,1-3H3/t20-/m1/s1. The van der Waals surface area contributed by atoms with Gasteiger partial charge in [-0.05, 0) is 37.8 Å². The second kappa shape index (κ2) is 7.75. The van der Waals surface area contributed by atoms with Crippen LogP contribution >= 0.6 is 0 Å². The van der Waals surface area contributed by atoms with Crippen molar-refractivity contribution in [2.24, 2.45) is 0 Å². The average molecular weight is 346 g/mol. The van der Waals surface area contributed by atoms with Gasteiger partial charge >= 0.3 is 0 Å². The Labute approximate surface area is 150 Å². The van der Waals surface area contributed by atoms with Crippen molar-refractivity contribution in [3.05, 3.63) is 29.8 Å². The molecule has 2 fully saturated rings. The number of benzene rings is 1. The van der Waals surface area contributed by atoms with Gasteiger partial charge in [0.05, 0.1) is 0 Å². The van der Waals surface area contributed by atoms with E-state index in [1.54, 1.807) is 14.0 Å². The van der Waals surface area contributed by atoms with Gasteiger partial charge in [-0.1, -0.05) is 18.2 Å². The van der Waals surface area contributed by atoms with Crippen molar-refractivity contribution in [3.63, 3.8) is 0 Å². The second-order valence-corrected chi connectivity index (χ2v) is 7.40. The van der Waals surface area contributed by atoms with Crippen LogP contribution in [-0.4, -0.2) is 67.2 Å². The van der Waals surface area contributed by atoms with E-state index in [0.717, 1.165) is 56.8 Å². The van der Waals surface area contributed by atoms with Gasteiger partial charge in [0, 0.05) is 46.3 Å². The zero-order valence-electron chi connectivity index (χ0n) is 15.7. The van der Waals surface area contributed by atoms with Gasteiger partial charge in [0.25, 0.3) is 0 Å². The Kier molecular flexibility index (Phi) is 5.64. The van der Waals surface area contributed by atoms with Gasteiger partial charge < -0.3 is 14.4 Å². The Morgan fingerprint density at radius 3 is 2.60 bits per heavy atom. The first-order valence-corrected chi connectivity index (χ1v) is 9.26. The molecule has 5 nitrogen and oxygen atoms in total. The highest BCUT2D eigenvalue weighted by Crippen LogP contribution is 2.31. The molecule has 1 amide bonds. The number of methoxy groups -OCH3 is 1. The van der Waals surface area contributed by atoms with Crippen LogP contribution in [0.5, 0.6) is 5.75 Å². The highest BCUT2D eigenvalue weighted by Gasteiger charge is 2.42. The summed E-state index contributed by atoms with van der Waals surface area (Å²) in [6.45, 7) is 7.99. The number of rotatable bonds is 5. The lowest BCUT2D eigenvalue weighted by Crippen LogP contribution is -2.48. The fraction of sp³-hybridized carbons (Fsp3) is 0.650. The first kappa shape index (κ1) is 18.2. The topological polar surface area (TPSA) is 42.0 Å². The molecular weight excluding hydrogens is 316 g/mol. The minimum absolute atomic E-state index is 0.192. The molecule has 2 saturated heterocycles. The van der Waals surface area contributed by atoms with E-state index in [1.165, 1.54) is 0 Å². The molecule has 0 aromatic heterocycles. The molecule has 25 heavy (non-hydrogen) atoms. The monoisotopic (exact) mass is 346 g/mol. The third kappa shape index (κ3) is 4.15. The number of para-hydroxylation sites is 1. The van der Waals surface area contributed by atoms with Crippen molar-refractivity contribution in [2.45, 2.75) is 44.8 Å². The van der Waals surface area contributed by atoms with Crippen LogP contribution in [0.2, 0.25) is 0 Å². The smallest absolute Gasteiger partial charge is 0.219 e. The number of hydrogen-bond acceptors (Lipinski definition) is 4.